The molecule has 0 radical (unpaired) electrons. The third-order valence-electron chi connectivity index (χ3n) is 5.14. The van der Waals surface area contributed by atoms with Crippen LogP contribution in [0.15, 0.2) is 64.9 Å². The number of nitrogens with zero attached hydrogens (tertiary/aromatic N) is 1. The number of halogens is 1. The van der Waals surface area contributed by atoms with Crippen LogP contribution < -0.4 is 10.0 Å². The molecule has 0 saturated heterocycles. The van der Waals surface area contributed by atoms with E-state index in [1.165, 1.54) is 28.6 Å². The Labute approximate surface area is 184 Å². The number of hydrogen-bond donors (Lipinski definition) is 2. The van der Waals surface area contributed by atoms with Crippen molar-refractivity contribution >= 4 is 33.0 Å². The summed E-state index contributed by atoms with van der Waals surface area (Å²) in [7, 11) is -3.95. The fourth-order valence-corrected chi connectivity index (χ4v) is 5.48. The highest BCUT2D eigenvalue weighted by atomic mass is 32.2. The fraction of sp³-hybridized carbons (Fsp3) is 0.227. The lowest BCUT2D eigenvalue weighted by Gasteiger charge is -2.26. The molecule has 31 heavy (non-hydrogen) atoms. The average molecular weight is 460 g/mol. The number of amides is 1. The Hall–Kier alpha value is -2.75. The second-order valence-corrected chi connectivity index (χ2v) is 9.94. The number of anilines is 1. The number of nitrogens with one attached hydrogen (secondary N) is 2. The number of benzene rings is 2. The largest absolute Gasteiger partial charge is 0.351 e. The predicted octanol–water partition coefficient (Wildman–Crippen LogP) is 3.48. The van der Waals surface area contributed by atoms with E-state index in [-0.39, 0.29) is 22.1 Å². The molecule has 4 rings (SSSR count). The van der Waals surface area contributed by atoms with E-state index >= 15 is 0 Å². The number of sulfonamides is 1. The van der Waals surface area contributed by atoms with Gasteiger partial charge in [-0.25, -0.2) is 12.8 Å². The molecule has 0 bridgehead atoms. The first kappa shape index (κ1) is 21.5. The molecule has 0 fully saturated rings. The van der Waals surface area contributed by atoms with Gasteiger partial charge in [0.1, 0.15) is 5.82 Å². The molecule has 0 spiro atoms. The summed E-state index contributed by atoms with van der Waals surface area (Å²) in [6.45, 7) is 3.00. The van der Waals surface area contributed by atoms with Gasteiger partial charge in [0, 0.05) is 31.1 Å². The van der Waals surface area contributed by atoms with Gasteiger partial charge in [-0.05, 0) is 59.8 Å². The summed E-state index contributed by atoms with van der Waals surface area (Å²) in [4.78, 5) is 16.4. The van der Waals surface area contributed by atoms with Gasteiger partial charge in [0.15, 0.2) is 0 Å². The van der Waals surface area contributed by atoms with E-state index < -0.39 is 15.8 Å². The number of rotatable bonds is 7. The molecule has 1 aromatic heterocycles. The van der Waals surface area contributed by atoms with Crippen LogP contribution in [0.3, 0.4) is 0 Å². The average Bonchev–Trinajstić information content (AvgIpc) is 3.22. The van der Waals surface area contributed by atoms with Crippen molar-refractivity contribution in [1.82, 2.24) is 10.2 Å². The van der Waals surface area contributed by atoms with Crippen molar-refractivity contribution < 1.29 is 17.6 Å². The fourth-order valence-electron chi connectivity index (χ4n) is 3.51. The third-order valence-corrected chi connectivity index (χ3v) is 7.54. The summed E-state index contributed by atoms with van der Waals surface area (Å²) in [5.74, 6) is -0.881. The molecule has 0 atom stereocenters. The smallest absolute Gasteiger partial charge is 0.261 e. The van der Waals surface area contributed by atoms with Gasteiger partial charge in [0.2, 0.25) is 0 Å². The van der Waals surface area contributed by atoms with Crippen molar-refractivity contribution in [3.8, 4) is 0 Å². The van der Waals surface area contributed by atoms with Crippen LogP contribution in [0.1, 0.15) is 20.8 Å². The van der Waals surface area contributed by atoms with Crippen molar-refractivity contribution in [2.45, 2.75) is 17.9 Å². The van der Waals surface area contributed by atoms with E-state index in [0.717, 1.165) is 31.6 Å². The zero-order valence-corrected chi connectivity index (χ0v) is 18.3. The summed E-state index contributed by atoms with van der Waals surface area (Å²) in [6, 6.07) is 13.1. The molecule has 2 heterocycles. The van der Waals surface area contributed by atoms with Crippen LogP contribution in [0.2, 0.25) is 0 Å². The van der Waals surface area contributed by atoms with Crippen molar-refractivity contribution in [1.29, 1.82) is 0 Å². The monoisotopic (exact) mass is 459 g/mol. The van der Waals surface area contributed by atoms with Crippen LogP contribution in [0.4, 0.5) is 10.1 Å². The number of carbonyl (C=O) groups is 1. The van der Waals surface area contributed by atoms with Gasteiger partial charge >= 0.3 is 0 Å². The van der Waals surface area contributed by atoms with Gasteiger partial charge in [-0.2, -0.15) is 0 Å². The number of carbonyl (C=O) groups excluding carboxylic acids is 1. The van der Waals surface area contributed by atoms with E-state index in [1.807, 2.05) is 0 Å². The Morgan fingerprint density at radius 3 is 2.68 bits per heavy atom. The highest BCUT2D eigenvalue weighted by molar-refractivity contribution is 7.92. The highest BCUT2D eigenvalue weighted by Gasteiger charge is 2.20. The van der Waals surface area contributed by atoms with Crippen LogP contribution in [0.25, 0.3) is 0 Å². The van der Waals surface area contributed by atoms with Crippen LogP contribution in [0, 0.1) is 5.82 Å². The summed E-state index contributed by atoms with van der Waals surface area (Å²) < 4.78 is 40.8. The molecule has 6 nitrogen and oxygen atoms in total. The summed E-state index contributed by atoms with van der Waals surface area (Å²) in [6.07, 6.45) is 1.02. The lowest BCUT2D eigenvalue weighted by Crippen LogP contribution is -2.37. The molecule has 2 aromatic carbocycles. The first-order valence-electron chi connectivity index (χ1n) is 9.85. The number of hydrogen-bond acceptors (Lipinski definition) is 5. The van der Waals surface area contributed by atoms with E-state index in [1.54, 1.807) is 29.5 Å². The van der Waals surface area contributed by atoms with E-state index in [2.05, 4.69) is 26.4 Å². The van der Waals surface area contributed by atoms with Gasteiger partial charge in [-0.1, -0.05) is 12.1 Å². The van der Waals surface area contributed by atoms with Gasteiger partial charge in [-0.15, -0.1) is 11.3 Å². The zero-order chi connectivity index (χ0) is 21.8. The van der Waals surface area contributed by atoms with Crippen molar-refractivity contribution in [2.75, 3.05) is 24.4 Å². The SMILES string of the molecule is O=C(NCCN1CCc2sccc2C1)c1ccccc1NS(=O)(=O)c1ccc(F)cc1. The minimum atomic E-state index is -3.95. The number of thiophene rings is 1. The first-order valence-corrected chi connectivity index (χ1v) is 12.2. The topological polar surface area (TPSA) is 78.5 Å². The zero-order valence-electron chi connectivity index (χ0n) is 16.7. The maximum absolute atomic E-state index is 13.1. The molecular formula is C22H22FN3O3S2. The molecule has 2 N–H and O–H groups in total. The van der Waals surface area contributed by atoms with Gasteiger partial charge < -0.3 is 5.32 Å². The summed E-state index contributed by atoms with van der Waals surface area (Å²) in [5, 5.41) is 4.99. The highest BCUT2D eigenvalue weighted by Crippen LogP contribution is 2.24. The summed E-state index contributed by atoms with van der Waals surface area (Å²) >= 11 is 1.79. The molecule has 9 heteroatoms. The molecule has 0 saturated carbocycles. The minimum absolute atomic E-state index is 0.0815. The Kier molecular flexibility index (Phi) is 6.35. The lowest BCUT2D eigenvalue weighted by molar-refractivity contribution is 0.0948. The Balaban J connectivity index is 1.38. The lowest BCUT2D eigenvalue weighted by atomic mass is 10.1. The van der Waals surface area contributed by atoms with Crippen LogP contribution in [0.5, 0.6) is 0 Å². The summed E-state index contributed by atoms with van der Waals surface area (Å²) in [5.41, 5.74) is 1.75. The maximum atomic E-state index is 13.1. The molecular weight excluding hydrogens is 437 g/mol. The van der Waals surface area contributed by atoms with Crippen LogP contribution in [-0.4, -0.2) is 38.9 Å². The van der Waals surface area contributed by atoms with Gasteiger partial charge in [0.25, 0.3) is 15.9 Å². The van der Waals surface area contributed by atoms with Crippen LogP contribution >= 0.6 is 11.3 Å². The van der Waals surface area contributed by atoms with E-state index in [9.17, 15) is 17.6 Å². The second-order valence-electron chi connectivity index (χ2n) is 7.26. The molecule has 1 amide bonds. The Morgan fingerprint density at radius 2 is 1.87 bits per heavy atom. The molecule has 162 valence electrons. The molecule has 3 aromatic rings. The first-order chi connectivity index (χ1) is 14.9. The number of para-hydroxylation sites is 1. The van der Waals surface area contributed by atoms with E-state index in [4.69, 9.17) is 0 Å². The second kappa shape index (κ2) is 9.17. The third kappa shape index (κ3) is 5.12. The standard InChI is InChI=1S/C22H22FN3O3S2/c23-17-5-7-18(8-6-17)31(28,29)25-20-4-2-1-3-19(20)22(27)24-11-13-26-12-9-21-16(15-26)10-14-30-21/h1-8,10,14,25H,9,11-13,15H2,(H,24,27). The van der Waals surface area contributed by atoms with E-state index in [0.29, 0.717) is 13.1 Å². The Bertz CT molecular complexity index is 1180. The quantitative estimate of drug-likeness (QED) is 0.567. The van der Waals surface area contributed by atoms with Gasteiger partial charge in [-0.3, -0.25) is 14.4 Å². The van der Waals surface area contributed by atoms with Crippen LogP contribution in [-0.2, 0) is 23.0 Å². The van der Waals surface area contributed by atoms with Crippen molar-refractivity contribution in [2.24, 2.45) is 0 Å². The molecule has 0 unspecified atom stereocenters. The minimum Gasteiger partial charge on any atom is -0.351 e. The molecule has 1 aliphatic heterocycles. The number of fused-ring (bicyclic) bond motifs is 1. The van der Waals surface area contributed by atoms with Crippen molar-refractivity contribution in [3.05, 3.63) is 81.8 Å². The maximum Gasteiger partial charge on any atom is 0.261 e. The molecule has 1 aliphatic rings. The van der Waals surface area contributed by atoms with Gasteiger partial charge in [0.05, 0.1) is 16.1 Å². The Morgan fingerprint density at radius 1 is 1.10 bits per heavy atom. The normalized spacial score (nSPS) is 14.1. The predicted molar refractivity (Wildman–Crippen MR) is 119 cm³/mol. The molecule has 0 aliphatic carbocycles. The van der Waals surface area contributed by atoms with Crippen molar-refractivity contribution in [3.63, 3.8) is 0 Å².